The summed E-state index contributed by atoms with van der Waals surface area (Å²) in [6.07, 6.45) is 0.992. The molecule has 2 unspecified atom stereocenters. The van der Waals surface area contributed by atoms with Gasteiger partial charge in [0.1, 0.15) is 0 Å². The molecule has 5 heteroatoms. The number of morpholine rings is 1. The minimum Gasteiger partial charge on any atom is -0.370 e. The topological polar surface area (TPSA) is 67.6 Å². The van der Waals surface area contributed by atoms with Gasteiger partial charge in [0.05, 0.1) is 17.7 Å². The van der Waals surface area contributed by atoms with Crippen LogP contribution in [-0.4, -0.2) is 54.7 Å². The zero-order valence-corrected chi connectivity index (χ0v) is 12.0. The summed E-state index contributed by atoms with van der Waals surface area (Å²) in [5, 5.41) is 3.12. The number of carbonyl (C=O) groups is 1. The molecule has 0 bridgehead atoms. The van der Waals surface area contributed by atoms with Crippen molar-refractivity contribution >= 4 is 5.91 Å². The lowest BCUT2D eigenvalue weighted by Crippen LogP contribution is -2.53. The molecular weight excluding hydrogens is 230 g/mol. The molecule has 1 aliphatic rings. The molecule has 18 heavy (non-hydrogen) atoms. The van der Waals surface area contributed by atoms with E-state index >= 15 is 0 Å². The molecule has 106 valence electrons. The highest BCUT2D eigenvalue weighted by molar-refractivity contribution is 5.79. The van der Waals surface area contributed by atoms with Crippen LogP contribution in [0.2, 0.25) is 0 Å². The van der Waals surface area contributed by atoms with Gasteiger partial charge in [-0.25, -0.2) is 0 Å². The molecule has 0 aromatic carbocycles. The molecule has 0 saturated carbocycles. The highest BCUT2D eigenvalue weighted by Crippen LogP contribution is 2.20. The Hall–Kier alpha value is -0.650. The molecule has 1 rings (SSSR count). The summed E-state index contributed by atoms with van der Waals surface area (Å²) in [6.45, 7) is 11.7. The monoisotopic (exact) mass is 257 g/mol. The fourth-order valence-corrected chi connectivity index (χ4v) is 2.66. The normalized spacial score (nSPS) is 25.9. The summed E-state index contributed by atoms with van der Waals surface area (Å²) in [5.41, 5.74) is 5.26. The van der Waals surface area contributed by atoms with Crippen molar-refractivity contribution in [3.05, 3.63) is 0 Å². The number of likely N-dealkylation sites (N-methyl/N-ethyl adjacent to an activating group) is 1. The van der Waals surface area contributed by atoms with Crippen LogP contribution in [0.5, 0.6) is 0 Å². The van der Waals surface area contributed by atoms with E-state index in [4.69, 9.17) is 10.5 Å². The van der Waals surface area contributed by atoms with Gasteiger partial charge >= 0.3 is 0 Å². The Balaban J connectivity index is 2.44. The van der Waals surface area contributed by atoms with Crippen molar-refractivity contribution in [1.29, 1.82) is 0 Å². The number of nitrogens with one attached hydrogen (secondary N) is 1. The summed E-state index contributed by atoms with van der Waals surface area (Å²) < 4.78 is 5.86. The van der Waals surface area contributed by atoms with Gasteiger partial charge in [0, 0.05) is 19.6 Å². The molecule has 0 aromatic rings. The van der Waals surface area contributed by atoms with Crippen molar-refractivity contribution in [2.24, 2.45) is 5.73 Å². The van der Waals surface area contributed by atoms with Gasteiger partial charge in [0.25, 0.3) is 0 Å². The van der Waals surface area contributed by atoms with Gasteiger partial charge in [0.2, 0.25) is 5.91 Å². The van der Waals surface area contributed by atoms with E-state index in [1.54, 1.807) is 0 Å². The Kier molecular flexibility index (Phi) is 5.56. The Morgan fingerprint density at radius 1 is 1.61 bits per heavy atom. The molecule has 1 amide bonds. The predicted molar refractivity (Wildman–Crippen MR) is 72.3 cm³/mol. The van der Waals surface area contributed by atoms with Gasteiger partial charge < -0.3 is 15.8 Å². The number of hydrogen-bond donors (Lipinski definition) is 2. The van der Waals surface area contributed by atoms with Crippen LogP contribution in [0.25, 0.3) is 0 Å². The van der Waals surface area contributed by atoms with E-state index < -0.39 is 0 Å². The lowest BCUT2D eigenvalue weighted by atomic mass is 10.0. The van der Waals surface area contributed by atoms with E-state index in [1.165, 1.54) is 0 Å². The van der Waals surface area contributed by atoms with Crippen LogP contribution >= 0.6 is 0 Å². The summed E-state index contributed by atoms with van der Waals surface area (Å²) in [6, 6.07) is -0.226. The molecule has 0 radical (unpaired) electrons. The largest absolute Gasteiger partial charge is 0.370 e. The van der Waals surface area contributed by atoms with Crippen molar-refractivity contribution in [2.75, 3.05) is 26.2 Å². The average molecular weight is 257 g/mol. The Morgan fingerprint density at radius 2 is 2.28 bits per heavy atom. The van der Waals surface area contributed by atoms with Gasteiger partial charge in [-0.1, -0.05) is 6.92 Å². The van der Waals surface area contributed by atoms with Gasteiger partial charge in [-0.3, -0.25) is 9.69 Å². The van der Waals surface area contributed by atoms with Crippen LogP contribution in [0.3, 0.4) is 0 Å². The molecule has 0 spiro atoms. The molecule has 1 saturated heterocycles. The minimum atomic E-state index is -0.266. The SMILES string of the molecule is CCNC(CCN1CC(C)OC(C)(C)C1)C(N)=O. The van der Waals surface area contributed by atoms with Gasteiger partial charge in [-0.05, 0) is 33.7 Å². The van der Waals surface area contributed by atoms with Gasteiger partial charge in [-0.2, -0.15) is 0 Å². The molecule has 1 aliphatic heterocycles. The first-order valence-electron chi connectivity index (χ1n) is 6.77. The number of carbonyl (C=O) groups excluding carboxylic acids is 1. The van der Waals surface area contributed by atoms with E-state index in [0.29, 0.717) is 0 Å². The second-order valence-corrected chi connectivity index (χ2v) is 5.72. The number of ether oxygens (including phenoxy) is 1. The second kappa shape index (κ2) is 6.50. The van der Waals surface area contributed by atoms with Crippen LogP contribution in [-0.2, 0) is 9.53 Å². The highest BCUT2D eigenvalue weighted by Gasteiger charge is 2.31. The zero-order chi connectivity index (χ0) is 13.8. The first-order chi connectivity index (χ1) is 8.34. The summed E-state index contributed by atoms with van der Waals surface area (Å²) in [5.74, 6) is -0.266. The first-order valence-corrected chi connectivity index (χ1v) is 6.77. The summed E-state index contributed by atoms with van der Waals surface area (Å²) in [7, 11) is 0. The van der Waals surface area contributed by atoms with E-state index in [2.05, 4.69) is 31.0 Å². The Morgan fingerprint density at radius 3 is 2.78 bits per heavy atom. The smallest absolute Gasteiger partial charge is 0.234 e. The quantitative estimate of drug-likeness (QED) is 0.720. The second-order valence-electron chi connectivity index (χ2n) is 5.72. The zero-order valence-electron chi connectivity index (χ0n) is 12.0. The maximum Gasteiger partial charge on any atom is 0.234 e. The molecule has 1 fully saturated rings. The van der Waals surface area contributed by atoms with E-state index in [-0.39, 0.29) is 23.7 Å². The third-order valence-corrected chi connectivity index (χ3v) is 3.17. The fraction of sp³-hybridized carbons (Fsp3) is 0.923. The number of nitrogens with two attached hydrogens (primary N) is 1. The van der Waals surface area contributed by atoms with E-state index in [0.717, 1.165) is 32.6 Å². The molecule has 0 aliphatic carbocycles. The molecule has 0 aromatic heterocycles. The number of hydrogen-bond acceptors (Lipinski definition) is 4. The third kappa shape index (κ3) is 4.92. The van der Waals surface area contributed by atoms with E-state index in [9.17, 15) is 4.79 Å². The number of nitrogens with zero attached hydrogens (tertiary/aromatic N) is 1. The summed E-state index contributed by atoms with van der Waals surface area (Å²) in [4.78, 5) is 13.6. The maximum atomic E-state index is 11.3. The Labute approximate surface area is 110 Å². The highest BCUT2D eigenvalue weighted by atomic mass is 16.5. The van der Waals surface area contributed by atoms with Crippen molar-refractivity contribution in [1.82, 2.24) is 10.2 Å². The van der Waals surface area contributed by atoms with Crippen LogP contribution < -0.4 is 11.1 Å². The first kappa shape index (κ1) is 15.4. The molecule has 5 nitrogen and oxygen atoms in total. The van der Waals surface area contributed by atoms with Crippen molar-refractivity contribution in [3.63, 3.8) is 0 Å². The predicted octanol–water partition coefficient (Wildman–Crippen LogP) is 0.339. The van der Waals surface area contributed by atoms with Crippen molar-refractivity contribution in [2.45, 2.75) is 51.9 Å². The summed E-state index contributed by atoms with van der Waals surface area (Å²) >= 11 is 0. The maximum absolute atomic E-state index is 11.3. The molecule has 2 atom stereocenters. The van der Waals surface area contributed by atoms with Crippen LogP contribution in [0.1, 0.15) is 34.1 Å². The Bertz CT molecular complexity index is 281. The van der Waals surface area contributed by atoms with Crippen LogP contribution in [0.4, 0.5) is 0 Å². The average Bonchev–Trinajstić information content (AvgIpc) is 2.20. The standard InChI is InChI=1S/C13H27N3O2/c1-5-15-11(12(14)17)6-7-16-8-10(2)18-13(3,4)9-16/h10-11,15H,5-9H2,1-4H3,(H2,14,17). The van der Waals surface area contributed by atoms with Gasteiger partial charge in [0.15, 0.2) is 0 Å². The fourth-order valence-electron chi connectivity index (χ4n) is 2.66. The lowest BCUT2D eigenvalue weighted by molar-refractivity contribution is -0.130. The molecule has 1 heterocycles. The van der Waals surface area contributed by atoms with Gasteiger partial charge in [-0.15, -0.1) is 0 Å². The van der Waals surface area contributed by atoms with Crippen LogP contribution in [0.15, 0.2) is 0 Å². The van der Waals surface area contributed by atoms with Crippen molar-refractivity contribution in [3.8, 4) is 0 Å². The van der Waals surface area contributed by atoms with Crippen LogP contribution in [0, 0.1) is 0 Å². The lowest BCUT2D eigenvalue weighted by Gasteiger charge is -2.42. The number of rotatable bonds is 6. The minimum absolute atomic E-state index is 0.113. The van der Waals surface area contributed by atoms with E-state index in [1.807, 2.05) is 6.92 Å². The third-order valence-electron chi connectivity index (χ3n) is 3.17. The molecular formula is C13H27N3O2. The molecule has 3 N–H and O–H groups in total. The number of amides is 1. The number of primary amides is 1. The van der Waals surface area contributed by atoms with Crippen molar-refractivity contribution < 1.29 is 9.53 Å².